The summed E-state index contributed by atoms with van der Waals surface area (Å²) in [7, 11) is 0. The molecule has 2 aromatic carbocycles. The molecule has 4 heteroatoms. The second-order valence-corrected chi connectivity index (χ2v) is 7.32. The molecule has 136 valence electrons. The van der Waals surface area contributed by atoms with Gasteiger partial charge in [-0.25, -0.2) is 0 Å². The fourth-order valence-corrected chi connectivity index (χ4v) is 3.66. The van der Waals surface area contributed by atoms with E-state index >= 15 is 0 Å². The lowest BCUT2D eigenvalue weighted by atomic mass is 9.90. The van der Waals surface area contributed by atoms with Gasteiger partial charge in [-0.3, -0.25) is 0 Å². The van der Waals surface area contributed by atoms with Gasteiger partial charge in [0.1, 0.15) is 5.75 Å². The standard InChI is InChI=1S/C21H26ClNO.ClH/c22-20-7-3-18(4-8-20)16-19-11-14-23(15-12-19)13-1-2-17-5-9-21(24)10-6-17;/h3-10,19,24H,1-2,11-16H2;1H. The monoisotopic (exact) mass is 379 g/mol. The van der Waals surface area contributed by atoms with Crippen LogP contribution in [0.1, 0.15) is 30.4 Å². The van der Waals surface area contributed by atoms with E-state index in [4.69, 9.17) is 11.6 Å². The number of hydrogen-bond donors (Lipinski definition) is 1. The third kappa shape index (κ3) is 6.54. The van der Waals surface area contributed by atoms with Gasteiger partial charge in [0, 0.05) is 5.02 Å². The number of benzene rings is 2. The van der Waals surface area contributed by atoms with Crippen LogP contribution in [0.25, 0.3) is 0 Å². The van der Waals surface area contributed by atoms with Gasteiger partial charge in [0.15, 0.2) is 0 Å². The van der Waals surface area contributed by atoms with E-state index in [1.54, 1.807) is 12.1 Å². The van der Waals surface area contributed by atoms with E-state index in [1.165, 1.54) is 56.4 Å². The average Bonchev–Trinajstić information content (AvgIpc) is 2.60. The van der Waals surface area contributed by atoms with Gasteiger partial charge in [0.2, 0.25) is 0 Å². The topological polar surface area (TPSA) is 23.5 Å². The van der Waals surface area contributed by atoms with Crippen molar-refractivity contribution in [1.29, 1.82) is 0 Å². The van der Waals surface area contributed by atoms with Crippen LogP contribution in [0.4, 0.5) is 0 Å². The largest absolute Gasteiger partial charge is 0.508 e. The van der Waals surface area contributed by atoms with Crippen LogP contribution < -0.4 is 0 Å². The van der Waals surface area contributed by atoms with E-state index in [0.717, 1.165) is 17.4 Å². The summed E-state index contributed by atoms with van der Waals surface area (Å²) in [5.41, 5.74) is 2.72. The average molecular weight is 380 g/mol. The molecule has 1 fully saturated rings. The highest BCUT2D eigenvalue weighted by molar-refractivity contribution is 6.30. The second-order valence-electron chi connectivity index (χ2n) is 6.89. The normalized spacial score (nSPS) is 15.7. The highest BCUT2D eigenvalue weighted by Crippen LogP contribution is 2.23. The molecule has 0 aliphatic carbocycles. The molecule has 1 N–H and O–H groups in total. The van der Waals surface area contributed by atoms with Crippen molar-refractivity contribution in [2.24, 2.45) is 5.92 Å². The Kier molecular flexibility index (Phi) is 8.08. The lowest BCUT2D eigenvalue weighted by Gasteiger charge is -2.32. The Hall–Kier alpha value is -1.22. The summed E-state index contributed by atoms with van der Waals surface area (Å²) in [4.78, 5) is 2.60. The van der Waals surface area contributed by atoms with Gasteiger partial charge in [-0.15, -0.1) is 12.4 Å². The van der Waals surface area contributed by atoms with Crippen LogP contribution in [0.2, 0.25) is 5.02 Å². The third-order valence-corrected chi connectivity index (χ3v) is 5.27. The van der Waals surface area contributed by atoms with Crippen molar-refractivity contribution in [3.8, 4) is 5.75 Å². The number of piperidine rings is 1. The quantitative estimate of drug-likeness (QED) is 0.730. The lowest BCUT2D eigenvalue weighted by molar-refractivity contribution is 0.182. The Balaban J connectivity index is 0.00000225. The lowest BCUT2D eigenvalue weighted by Crippen LogP contribution is -2.35. The molecule has 2 aromatic rings. The van der Waals surface area contributed by atoms with Gasteiger partial charge >= 0.3 is 0 Å². The van der Waals surface area contributed by atoms with Gasteiger partial charge in [-0.1, -0.05) is 35.9 Å². The van der Waals surface area contributed by atoms with Crippen molar-refractivity contribution in [3.05, 3.63) is 64.7 Å². The van der Waals surface area contributed by atoms with E-state index in [0.29, 0.717) is 5.75 Å². The van der Waals surface area contributed by atoms with Crippen LogP contribution in [0.5, 0.6) is 5.75 Å². The summed E-state index contributed by atoms with van der Waals surface area (Å²) < 4.78 is 0. The molecule has 1 aliphatic rings. The minimum Gasteiger partial charge on any atom is -0.508 e. The summed E-state index contributed by atoms with van der Waals surface area (Å²) in [5, 5.41) is 10.1. The maximum atomic E-state index is 9.32. The fraction of sp³-hybridized carbons (Fsp3) is 0.429. The Labute approximate surface area is 162 Å². The molecule has 0 bridgehead atoms. The van der Waals surface area contributed by atoms with E-state index in [-0.39, 0.29) is 12.4 Å². The van der Waals surface area contributed by atoms with Gasteiger partial charge in [0.25, 0.3) is 0 Å². The number of aryl methyl sites for hydroxylation is 1. The number of phenolic OH excluding ortho intramolecular Hbond substituents is 1. The number of hydrogen-bond acceptors (Lipinski definition) is 2. The van der Waals surface area contributed by atoms with Gasteiger partial charge in [-0.05, 0) is 93.0 Å². The van der Waals surface area contributed by atoms with Crippen molar-refractivity contribution in [1.82, 2.24) is 4.90 Å². The Bertz CT molecular complexity index is 619. The molecule has 0 radical (unpaired) electrons. The zero-order valence-corrected chi connectivity index (χ0v) is 16.1. The molecule has 0 amide bonds. The summed E-state index contributed by atoms with van der Waals surface area (Å²) in [6.45, 7) is 3.61. The van der Waals surface area contributed by atoms with Crippen molar-refractivity contribution in [3.63, 3.8) is 0 Å². The second kappa shape index (κ2) is 10.1. The Morgan fingerprint density at radius 3 is 2.16 bits per heavy atom. The first-order chi connectivity index (χ1) is 11.7. The molecule has 1 heterocycles. The van der Waals surface area contributed by atoms with E-state index < -0.39 is 0 Å². The van der Waals surface area contributed by atoms with Gasteiger partial charge in [-0.2, -0.15) is 0 Å². The molecule has 0 aromatic heterocycles. The molecular weight excluding hydrogens is 353 g/mol. The highest BCUT2D eigenvalue weighted by atomic mass is 35.5. The third-order valence-electron chi connectivity index (χ3n) is 5.02. The molecular formula is C21H27Cl2NO. The molecule has 1 aliphatic heterocycles. The molecule has 1 saturated heterocycles. The Morgan fingerprint density at radius 1 is 0.920 bits per heavy atom. The predicted molar refractivity (Wildman–Crippen MR) is 108 cm³/mol. The van der Waals surface area contributed by atoms with Crippen LogP contribution in [-0.2, 0) is 12.8 Å². The fourth-order valence-electron chi connectivity index (χ4n) is 3.54. The van der Waals surface area contributed by atoms with Crippen LogP contribution in [0.3, 0.4) is 0 Å². The number of halogens is 2. The van der Waals surface area contributed by atoms with Crippen LogP contribution in [0, 0.1) is 5.92 Å². The molecule has 2 nitrogen and oxygen atoms in total. The van der Waals surface area contributed by atoms with Gasteiger partial charge < -0.3 is 10.0 Å². The summed E-state index contributed by atoms with van der Waals surface area (Å²) >= 11 is 5.95. The molecule has 25 heavy (non-hydrogen) atoms. The van der Waals surface area contributed by atoms with Crippen LogP contribution in [-0.4, -0.2) is 29.6 Å². The number of rotatable bonds is 6. The Morgan fingerprint density at radius 2 is 1.52 bits per heavy atom. The number of aromatic hydroxyl groups is 1. The number of likely N-dealkylation sites (tertiary alicyclic amines) is 1. The number of nitrogens with zero attached hydrogens (tertiary/aromatic N) is 1. The summed E-state index contributed by atoms with van der Waals surface area (Å²) in [6, 6.07) is 15.9. The van der Waals surface area contributed by atoms with Crippen molar-refractivity contribution < 1.29 is 5.11 Å². The van der Waals surface area contributed by atoms with Crippen LogP contribution >= 0.6 is 24.0 Å². The van der Waals surface area contributed by atoms with Crippen LogP contribution in [0.15, 0.2) is 48.5 Å². The van der Waals surface area contributed by atoms with Crippen molar-refractivity contribution in [2.75, 3.05) is 19.6 Å². The molecule has 0 unspecified atom stereocenters. The maximum Gasteiger partial charge on any atom is 0.115 e. The van der Waals surface area contributed by atoms with E-state index in [2.05, 4.69) is 17.0 Å². The zero-order valence-electron chi connectivity index (χ0n) is 14.5. The first-order valence-electron chi connectivity index (χ1n) is 8.94. The number of phenols is 1. The molecule has 3 rings (SSSR count). The smallest absolute Gasteiger partial charge is 0.115 e. The molecule has 0 saturated carbocycles. The summed E-state index contributed by atoms with van der Waals surface area (Å²) in [5.74, 6) is 1.15. The van der Waals surface area contributed by atoms with Crippen molar-refractivity contribution >= 4 is 24.0 Å². The maximum absolute atomic E-state index is 9.32. The van der Waals surface area contributed by atoms with E-state index in [1.807, 2.05) is 24.3 Å². The van der Waals surface area contributed by atoms with Gasteiger partial charge in [0.05, 0.1) is 0 Å². The minimum absolute atomic E-state index is 0. The zero-order chi connectivity index (χ0) is 16.8. The predicted octanol–water partition coefficient (Wildman–Crippen LogP) is 5.35. The first kappa shape index (κ1) is 20.1. The molecule has 0 atom stereocenters. The SMILES string of the molecule is Cl.Oc1ccc(CCCN2CCC(Cc3ccc(Cl)cc3)CC2)cc1. The molecule has 0 spiro atoms. The van der Waals surface area contributed by atoms with E-state index in [9.17, 15) is 5.11 Å². The minimum atomic E-state index is 0. The summed E-state index contributed by atoms with van der Waals surface area (Å²) in [6.07, 6.45) is 6.04. The highest BCUT2D eigenvalue weighted by Gasteiger charge is 2.19. The van der Waals surface area contributed by atoms with Crippen molar-refractivity contribution in [2.45, 2.75) is 32.1 Å². The first-order valence-corrected chi connectivity index (χ1v) is 9.31.